The fourth-order valence-corrected chi connectivity index (χ4v) is 8.23. The number of nitrogens with zero attached hydrogens (tertiary/aromatic N) is 2. The van der Waals surface area contributed by atoms with E-state index >= 15 is 0 Å². The average Bonchev–Trinajstić information content (AvgIpc) is 3.31. The molecule has 0 bridgehead atoms. The summed E-state index contributed by atoms with van der Waals surface area (Å²) in [6.07, 6.45) is -11.7. The first-order valence-corrected chi connectivity index (χ1v) is 19.1. The number of hydrogen-bond acceptors (Lipinski definition) is 3. The number of halogens is 9. The number of rotatable bonds is 3. The monoisotopic (exact) mass is 836 g/mol. The van der Waals surface area contributed by atoms with Gasteiger partial charge in [0.2, 0.25) is 6.11 Å². The standard InChI is InChI=1S/C36H54N2O2.C4F9O.Mn/c1-33(2,3)25-17-23(31(39)27(19-25)35(7,8)9)21-37-29-15-13-14-16-30(29)38-22-24-18-26(34(4,5)6)20-28(32(24)40)36(10,11)12;5-1(2(6,7)8,3(9,10)11)4(12,13)14;/h17-22,29-30,39-40H,13-16H2,1-12H3;;/q;-1;+2. The van der Waals surface area contributed by atoms with Gasteiger partial charge in [0.1, 0.15) is 0 Å². The molecule has 311 valence electrons. The van der Waals surface area contributed by atoms with Crippen molar-refractivity contribution in [2.24, 2.45) is 0 Å². The van der Waals surface area contributed by atoms with Gasteiger partial charge < -0.3 is 5.11 Å². The van der Waals surface area contributed by atoms with Crippen LogP contribution in [0.15, 0.2) is 24.3 Å². The molecule has 0 spiro atoms. The molecule has 0 amide bonds. The summed E-state index contributed by atoms with van der Waals surface area (Å²) < 4.78 is 108. The summed E-state index contributed by atoms with van der Waals surface area (Å²) in [5, 5.41) is 32.3. The summed E-state index contributed by atoms with van der Waals surface area (Å²) in [7, 11) is 0. The molecule has 1 aliphatic heterocycles. The number of fused-ring (bicyclic) bond motifs is 1. The van der Waals surface area contributed by atoms with Crippen molar-refractivity contribution in [2.45, 2.75) is 167 Å². The van der Waals surface area contributed by atoms with Crippen LogP contribution in [0.3, 0.4) is 0 Å². The normalized spacial score (nSPS) is 20.8. The molecule has 15 heteroatoms. The summed E-state index contributed by atoms with van der Waals surface area (Å²) in [5.41, 5.74) is -1.11. The molecule has 1 aliphatic carbocycles. The third-order valence-electron chi connectivity index (χ3n) is 9.84. The van der Waals surface area contributed by atoms with E-state index in [-0.39, 0.29) is 21.7 Å². The number of alkyl halides is 9. The second-order valence-electron chi connectivity index (χ2n) is 18.5. The predicted octanol–water partition coefficient (Wildman–Crippen LogP) is 9.86. The Balaban J connectivity index is 0.000000493. The van der Waals surface area contributed by atoms with E-state index in [0.717, 1.165) is 35.1 Å². The molecule has 2 unspecified atom stereocenters. The van der Waals surface area contributed by atoms with Crippen LogP contribution in [-0.2, 0) is 37.1 Å². The van der Waals surface area contributed by atoms with Crippen LogP contribution in [0.4, 0.5) is 39.5 Å². The van der Waals surface area contributed by atoms with Gasteiger partial charge in [-0.05, 0) is 0 Å². The van der Waals surface area contributed by atoms with Gasteiger partial charge in [0.05, 0.1) is 0 Å². The third-order valence-corrected chi connectivity index (χ3v) is 11.5. The summed E-state index contributed by atoms with van der Waals surface area (Å²) in [5.74, 6) is 0.798. The van der Waals surface area contributed by atoms with Gasteiger partial charge in [-0.3, -0.25) is 0 Å². The van der Waals surface area contributed by atoms with E-state index in [1.165, 1.54) is 24.0 Å². The second kappa shape index (κ2) is 15.2. The molecule has 0 aromatic heterocycles. The van der Waals surface area contributed by atoms with Gasteiger partial charge in [-0.1, -0.05) is 0 Å². The van der Waals surface area contributed by atoms with Crippen molar-refractivity contribution in [2.75, 3.05) is 0 Å². The molecule has 55 heavy (non-hydrogen) atoms. The Morgan fingerprint density at radius 1 is 0.564 bits per heavy atom. The van der Waals surface area contributed by atoms with Crippen molar-refractivity contribution in [3.05, 3.63) is 57.6 Å². The molecule has 1 saturated heterocycles. The zero-order valence-corrected chi connectivity index (χ0v) is 34.6. The molecule has 4 rings (SSSR count). The van der Waals surface area contributed by atoms with Crippen LogP contribution in [0.5, 0.6) is 11.5 Å². The molecular weight excluding hydrogens is 782 g/mol. The number of phenols is 2. The molecule has 2 aliphatic rings. The maximum Gasteiger partial charge on any atom is 0.436 e. The van der Waals surface area contributed by atoms with Gasteiger partial charge >= 0.3 is 275 Å². The van der Waals surface area contributed by atoms with E-state index in [4.69, 9.17) is 0 Å². The molecule has 2 atom stereocenters. The molecule has 1 saturated carbocycles. The quantitative estimate of drug-likeness (QED) is 0.239. The van der Waals surface area contributed by atoms with Gasteiger partial charge in [0.15, 0.2) is 0 Å². The Hall–Kier alpha value is -2.77. The predicted molar refractivity (Wildman–Crippen MR) is 189 cm³/mol. The van der Waals surface area contributed by atoms with E-state index in [2.05, 4.69) is 127 Å². The SMILES string of the molecule is CC(C)(C)c1cc(C=[N+]2[Mn][N+](=Cc3cc(C(C)(C)C)cc(C(C)(C)C)c3O)C3CCCCC32)c(O)c(C(C)(C)C)c1.[O-]C(F)(F)C(F)(C(F)(F)F)C(F)(F)F. The minimum Gasteiger partial charge on any atom is -0.795 e. The molecule has 2 aromatic carbocycles. The summed E-state index contributed by atoms with van der Waals surface area (Å²) in [6.45, 7) is 26.5. The van der Waals surface area contributed by atoms with Crippen molar-refractivity contribution in [1.82, 2.24) is 0 Å². The number of aromatic hydroxyl groups is 2. The number of hydrogen-bond donors (Lipinski definition) is 2. The fraction of sp³-hybridized carbons (Fsp3) is 0.650. The Kier molecular flexibility index (Phi) is 12.9. The summed E-state index contributed by atoms with van der Waals surface area (Å²) in [4.78, 5) is 0. The Morgan fingerprint density at radius 2 is 0.873 bits per heavy atom. The zero-order valence-electron chi connectivity index (χ0n) is 33.4. The molecular formula is C40H54F9MnN2O3+. The van der Waals surface area contributed by atoms with E-state index < -0.39 is 24.1 Å². The van der Waals surface area contributed by atoms with Crippen molar-refractivity contribution in [1.29, 1.82) is 0 Å². The third kappa shape index (κ3) is 10.0. The zero-order chi connectivity index (χ0) is 42.7. The smallest absolute Gasteiger partial charge is 0.436 e. The number of benzene rings is 2. The van der Waals surface area contributed by atoms with Crippen LogP contribution < -0.4 is 5.11 Å². The minimum atomic E-state index is -7.08. The van der Waals surface area contributed by atoms with E-state index in [9.17, 15) is 54.8 Å². The maximum absolute atomic E-state index is 12.0. The van der Waals surface area contributed by atoms with Gasteiger partial charge in [0, 0.05) is 0 Å². The van der Waals surface area contributed by atoms with Crippen molar-refractivity contribution >= 4 is 12.4 Å². The van der Waals surface area contributed by atoms with Crippen LogP contribution in [0.25, 0.3) is 0 Å². The van der Waals surface area contributed by atoms with Crippen LogP contribution in [-0.4, -0.2) is 66.0 Å². The van der Waals surface area contributed by atoms with Gasteiger partial charge in [0.25, 0.3) is 0 Å². The fourth-order valence-electron chi connectivity index (χ4n) is 6.39. The minimum absolute atomic E-state index is 0.0165. The summed E-state index contributed by atoms with van der Waals surface area (Å²) >= 11 is 0.376. The van der Waals surface area contributed by atoms with Crippen LogP contribution >= 0.6 is 0 Å². The largest absolute Gasteiger partial charge is 0.795 e. The maximum atomic E-state index is 12.0. The topological polar surface area (TPSA) is 69.5 Å². The van der Waals surface area contributed by atoms with E-state index in [0.29, 0.717) is 39.0 Å². The van der Waals surface area contributed by atoms with Crippen LogP contribution in [0.1, 0.15) is 142 Å². The van der Waals surface area contributed by atoms with Crippen molar-refractivity contribution < 1.29 is 77.4 Å². The molecule has 5 nitrogen and oxygen atoms in total. The van der Waals surface area contributed by atoms with Gasteiger partial charge in [-0.2, -0.15) is 26.3 Å². The molecule has 1 heterocycles. The first-order chi connectivity index (χ1) is 24.4. The van der Waals surface area contributed by atoms with Gasteiger partial charge in [-0.15, -0.1) is 0 Å². The Bertz CT molecular complexity index is 1640. The second-order valence-corrected chi connectivity index (χ2v) is 20.0. The number of phenolic OH excluding ortho intramolecular Hbond substituents is 2. The van der Waals surface area contributed by atoms with Crippen molar-refractivity contribution in [3.8, 4) is 11.5 Å². The van der Waals surface area contributed by atoms with E-state index in [1.807, 2.05) is 0 Å². The first-order valence-electron chi connectivity index (χ1n) is 18.0. The van der Waals surface area contributed by atoms with Gasteiger partial charge in [-0.25, -0.2) is 13.2 Å². The molecule has 2 fully saturated rings. The summed E-state index contributed by atoms with van der Waals surface area (Å²) in [6, 6.07) is 9.56. The van der Waals surface area contributed by atoms with Crippen molar-refractivity contribution in [3.63, 3.8) is 0 Å². The molecule has 0 radical (unpaired) electrons. The molecule has 2 aromatic rings. The molecule has 2 N–H and O–H groups in total. The Labute approximate surface area is 324 Å². The average molecular weight is 837 g/mol. The Morgan fingerprint density at radius 3 is 1.09 bits per heavy atom. The van der Waals surface area contributed by atoms with Crippen LogP contribution in [0.2, 0.25) is 0 Å². The first kappa shape index (κ1) is 46.6. The van der Waals surface area contributed by atoms with E-state index in [1.54, 1.807) is 0 Å². The van der Waals surface area contributed by atoms with Crippen LogP contribution in [0, 0.1) is 0 Å².